The number of aliphatic hydroxyl groups excluding tert-OH is 1. The van der Waals surface area contributed by atoms with Crippen LogP contribution >= 0.6 is 0 Å². The van der Waals surface area contributed by atoms with E-state index in [2.05, 4.69) is 26.8 Å². The highest BCUT2D eigenvalue weighted by molar-refractivity contribution is 6.00. The van der Waals surface area contributed by atoms with Gasteiger partial charge in [0.2, 0.25) is 5.88 Å². The van der Waals surface area contributed by atoms with Gasteiger partial charge in [0, 0.05) is 19.0 Å². The second kappa shape index (κ2) is 9.91. The monoisotopic (exact) mass is 441 g/mol. The fraction of sp³-hybridized carbons (Fsp3) is 0.455. The van der Waals surface area contributed by atoms with Crippen molar-refractivity contribution in [3.05, 3.63) is 35.4 Å². The summed E-state index contributed by atoms with van der Waals surface area (Å²) in [5.74, 6) is -0.140. The van der Waals surface area contributed by atoms with Crippen LogP contribution in [-0.2, 0) is 4.84 Å². The van der Waals surface area contributed by atoms with E-state index in [9.17, 15) is 20.3 Å². The normalized spacial score (nSPS) is 18.1. The van der Waals surface area contributed by atoms with Crippen LogP contribution in [0.15, 0.2) is 24.3 Å². The lowest BCUT2D eigenvalue weighted by atomic mass is 10.1. The molecular weight excluding hydrogens is 414 g/mol. The summed E-state index contributed by atoms with van der Waals surface area (Å²) >= 11 is 0. The van der Waals surface area contributed by atoms with Crippen molar-refractivity contribution >= 4 is 11.7 Å². The summed E-state index contributed by atoms with van der Waals surface area (Å²) in [7, 11) is 1.61. The van der Waals surface area contributed by atoms with Crippen molar-refractivity contribution in [1.82, 2.24) is 15.4 Å². The van der Waals surface area contributed by atoms with Gasteiger partial charge in [0.1, 0.15) is 24.1 Å². The zero-order chi connectivity index (χ0) is 23.3. The first-order chi connectivity index (χ1) is 15.2. The molecule has 1 aliphatic carbocycles. The van der Waals surface area contributed by atoms with E-state index < -0.39 is 17.6 Å². The maximum absolute atomic E-state index is 12.9. The van der Waals surface area contributed by atoms with Crippen LogP contribution in [-0.4, -0.2) is 57.6 Å². The molecule has 1 unspecified atom stereocenters. The number of carbonyl (C=O) groups is 1. The number of anilines is 1. The number of carbonyl (C=O) groups excluding carboxylic acids is 1. The first kappa shape index (κ1) is 23.4. The highest BCUT2D eigenvalue weighted by Crippen LogP contribution is 2.31. The number of hydroxylamine groups is 1. The van der Waals surface area contributed by atoms with Gasteiger partial charge in [-0.2, -0.15) is 10.2 Å². The first-order valence-corrected chi connectivity index (χ1v) is 10.3. The lowest BCUT2D eigenvalue weighted by Gasteiger charge is -2.20. The Morgan fingerprint density at radius 3 is 2.75 bits per heavy atom. The molecule has 1 aromatic heterocycles. The summed E-state index contributed by atoms with van der Waals surface area (Å²) in [5.41, 5.74) is 2.22. The van der Waals surface area contributed by atoms with Crippen molar-refractivity contribution in [2.24, 2.45) is 0 Å². The number of ether oxygens (including phenoxy) is 1. The number of aromatic nitrogens is 2. The molecule has 1 fully saturated rings. The van der Waals surface area contributed by atoms with Crippen LogP contribution in [0.5, 0.6) is 5.88 Å². The molecule has 0 saturated heterocycles. The molecule has 1 saturated carbocycles. The van der Waals surface area contributed by atoms with E-state index in [4.69, 9.17) is 9.57 Å². The summed E-state index contributed by atoms with van der Waals surface area (Å²) < 4.78 is 6.02. The van der Waals surface area contributed by atoms with E-state index in [1.54, 1.807) is 45.2 Å². The largest absolute Gasteiger partial charge is 0.474 e. The third-order valence-corrected chi connectivity index (χ3v) is 4.81. The van der Waals surface area contributed by atoms with E-state index in [0.717, 1.165) is 0 Å². The van der Waals surface area contributed by atoms with Gasteiger partial charge in [-0.1, -0.05) is 12.1 Å². The number of nitrogens with one attached hydrogen (secondary N) is 2. The number of aliphatic hydroxyl groups is 2. The van der Waals surface area contributed by atoms with Crippen molar-refractivity contribution in [1.29, 1.82) is 5.26 Å². The lowest BCUT2D eigenvalue weighted by molar-refractivity contribution is -0.0523. The molecule has 170 valence electrons. The molecule has 1 aliphatic rings. The van der Waals surface area contributed by atoms with Crippen LogP contribution in [0.2, 0.25) is 0 Å². The van der Waals surface area contributed by atoms with Crippen molar-refractivity contribution < 1.29 is 24.6 Å². The molecule has 0 bridgehead atoms. The fourth-order valence-corrected chi connectivity index (χ4v) is 3.28. The number of rotatable bonds is 8. The molecular formula is C22H27N5O5. The van der Waals surface area contributed by atoms with Crippen molar-refractivity contribution in [3.8, 4) is 23.3 Å². The van der Waals surface area contributed by atoms with Crippen molar-refractivity contribution in [3.63, 3.8) is 0 Å². The maximum Gasteiger partial charge on any atom is 0.284 e. The van der Waals surface area contributed by atoms with Crippen LogP contribution in [0.4, 0.5) is 5.82 Å². The molecule has 1 heterocycles. The molecule has 3 rings (SSSR count). The maximum atomic E-state index is 12.9. The lowest BCUT2D eigenvalue weighted by Crippen LogP contribution is -2.34. The van der Waals surface area contributed by atoms with E-state index in [1.165, 1.54) is 0 Å². The van der Waals surface area contributed by atoms with Gasteiger partial charge in [-0.05, 0) is 38.8 Å². The number of benzene rings is 1. The van der Waals surface area contributed by atoms with Crippen LogP contribution in [0.1, 0.15) is 49.0 Å². The Kier molecular flexibility index (Phi) is 7.25. The van der Waals surface area contributed by atoms with Crippen molar-refractivity contribution in [2.45, 2.75) is 50.9 Å². The Hall–Kier alpha value is -3.26. The molecule has 10 nitrogen and oxygen atoms in total. The van der Waals surface area contributed by atoms with Crippen LogP contribution in [0.25, 0.3) is 11.4 Å². The minimum atomic E-state index is -1.13. The third-order valence-electron chi connectivity index (χ3n) is 4.81. The van der Waals surface area contributed by atoms with Gasteiger partial charge in [0.05, 0.1) is 23.3 Å². The summed E-state index contributed by atoms with van der Waals surface area (Å²) in [6, 6.07) is 8.86. The number of amides is 1. The average Bonchev–Trinajstić information content (AvgIpc) is 3.16. The molecule has 10 heteroatoms. The quantitative estimate of drug-likeness (QED) is 0.450. The topological polar surface area (TPSA) is 150 Å². The first-order valence-electron chi connectivity index (χ1n) is 10.3. The van der Waals surface area contributed by atoms with Gasteiger partial charge in [-0.25, -0.2) is 10.5 Å². The minimum Gasteiger partial charge on any atom is -0.474 e. The number of nitrogens with zero attached hydrogens (tertiary/aromatic N) is 3. The van der Waals surface area contributed by atoms with Crippen LogP contribution in [0.3, 0.4) is 0 Å². The SMILES string of the molecule is CNc1nc(-c2cccc(C#N)c2)nc(O[C@@H]2CCC(O)C2)c1C(=O)NOCC(C)(C)O. The van der Waals surface area contributed by atoms with E-state index in [1.807, 2.05) is 0 Å². The smallest absolute Gasteiger partial charge is 0.284 e. The standard InChI is InChI=1S/C22H27N5O5/c1-22(2,30)12-31-27-20(29)17-19(24-3)25-18(14-6-4-5-13(9-14)11-23)26-21(17)32-16-8-7-15(28)10-16/h4-6,9,15-16,28,30H,7-8,10,12H2,1-3H3,(H,27,29)(H,24,25,26)/t15?,16-/m1/s1. The zero-order valence-corrected chi connectivity index (χ0v) is 18.3. The molecule has 0 aliphatic heterocycles. The summed E-state index contributed by atoms with van der Waals surface area (Å²) in [4.78, 5) is 26.9. The molecule has 32 heavy (non-hydrogen) atoms. The fourth-order valence-electron chi connectivity index (χ4n) is 3.28. The number of hydrogen-bond donors (Lipinski definition) is 4. The molecule has 2 atom stereocenters. The van der Waals surface area contributed by atoms with Gasteiger partial charge in [0.15, 0.2) is 5.82 Å². The predicted molar refractivity (Wildman–Crippen MR) is 116 cm³/mol. The Morgan fingerprint density at radius 1 is 1.34 bits per heavy atom. The summed E-state index contributed by atoms with van der Waals surface area (Å²) in [6.07, 6.45) is 0.864. The third kappa shape index (κ3) is 5.91. The predicted octanol–water partition coefficient (Wildman–Crippen LogP) is 1.78. The van der Waals surface area contributed by atoms with Crippen LogP contribution in [0, 0.1) is 11.3 Å². The van der Waals surface area contributed by atoms with Crippen molar-refractivity contribution in [2.75, 3.05) is 19.0 Å². The second-order valence-corrected chi connectivity index (χ2v) is 8.26. The molecule has 0 radical (unpaired) electrons. The van der Waals surface area contributed by atoms with Gasteiger partial charge in [-0.15, -0.1) is 0 Å². The Bertz CT molecular complexity index is 1010. The molecule has 1 aromatic carbocycles. The van der Waals surface area contributed by atoms with Gasteiger partial charge < -0.3 is 20.3 Å². The summed E-state index contributed by atoms with van der Waals surface area (Å²) in [5, 5.41) is 31.7. The Balaban J connectivity index is 1.99. The molecule has 0 spiro atoms. The number of hydrogen-bond acceptors (Lipinski definition) is 9. The Morgan fingerprint density at radius 2 is 2.12 bits per heavy atom. The zero-order valence-electron chi connectivity index (χ0n) is 18.3. The number of nitriles is 1. The van der Waals surface area contributed by atoms with Gasteiger partial charge in [-0.3, -0.25) is 9.63 Å². The Labute approximate surface area is 186 Å². The average molecular weight is 441 g/mol. The van der Waals surface area contributed by atoms with E-state index >= 15 is 0 Å². The molecule has 4 N–H and O–H groups in total. The van der Waals surface area contributed by atoms with Crippen LogP contribution < -0.4 is 15.5 Å². The minimum absolute atomic E-state index is 0.0322. The van der Waals surface area contributed by atoms with Gasteiger partial charge >= 0.3 is 0 Å². The molecule has 2 aromatic rings. The van der Waals surface area contributed by atoms with Gasteiger partial charge in [0.25, 0.3) is 5.91 Å². The van der Waals surface area contributed by atoms with E-state index in [-0.39, 0.29) is 35.8 Å². The second-order valence-electron chi connectivity index (χ2n) is 8.26. The van der Waals surface area contributed by atoms with E-state index in [0.29, 0.717) is 30.4 Å². The highest BCUT2D eigenvalue weighted by Gasteiger charge is 2.29. The summed E-state index contributed by atoms with van der Waals surface area (Å²) in [6.45, 7) is 2.97. The highest BCUT2D eigenvalue weighted by atomic mass is 16.7. The molecule has 1 amide bonds.